The third-order valence-electron chi connectivity index (χ3n) is 2.15. The maximum absolute atomic E-state index is 5.64. The van der Waals surface area contributed by atoms with Gasteiger partial charge in [-0.05, 0) is 0 Å². The van der Waals surface area contributed by atoms with Crippen LogP contribution in [0.5, 0.6) is 0 Å². The lowest BCUT2D eigenvalue weighted by molar-refractivity contribution is 0.751. The minimum atomic E-state index is 0.151. The first-order valence-corrected chi connectivity index (χ1v) is 5.81. The van der Waals surface area contributed by atoms with E-state index in [1.54, 1.807) is 0 Å². The molecule has 1 aromatic heterocycles. The largest absolute Gasteiger partial charge is 0.368 e. The molecule has 102 valence electrons. The van der Waals surface area contributed by atoms with Gasteiger partial charge in [0.2, 0.25) is 17.8 Å². The highest BCUT2D eigenvalue weighted by atomic mass is 15.3. The smallest absolute Gasteiger partial charge is 0.232 e. The number of nitrogen functional groups attached to an aromatic ring is 1. The number of hydrogen-bond acceptors (Lipinski definition) is 9. The first-order chi connectivity index (χ1) is 8.71. The average Bonchev–Trinajstić information content (AvgIpc) is 2.35. The Labute approximate surface area is 106 Å². The summed E-state index contributed by atoms with van der Waals surface area (Å²) in [6.07, 6.45) is 0. The van der Waals surface area contributed by atoms with E-state index in [-0.39, 0.29) is 5.95 Å². The SMILES string of the molecule is NCCNc1nc(N)nc(N(CCN)CCN)n1. The number of hydrogen-bond donors (Lipinski definition) is 5. The van der Waals surface area contributed by atoms with Gasteiger partial charge in [0, 0.05) is 39.3 Å². The summed E-state index contributed by atoms with van der Waals surface area (Å²) < 4.78 is 0. The number of rotatable bonds is 8. The molecule has 9 heteroatoms. The van der Waals surface area contributed by atoms with E-state index in [0.29, 0.717) is 51.2 Å². The molecule has 0 bridgehead atoms. The van der Waals surface area contributed by atoms with Crippen molar-refractivity contribution in [1.29, 1.82) is 0 Å². The van der Waals surface area contributed by atoms with E-state index in [9.17, 15) is 0 Å². The van der Waals surface area contributed by atoms with Gasteiger partial charge >= 0.3 is 0 Å². The van der Waals surface area contributed by atoms with Crippen molar-refractivity contribution >= 4 is 17.8 Å². The van der Waals surface area contributed by atoms with Crippen molar-refractivity contribution in [2.75, 3.05) is 55.2 Å². The molecule has 9 nitrogen and oxygen atoms in total. The van der Waals surface area contributed by atoms with Gasteiger partial charge < -0.3 is 33.2 Å². The summed E-state index contributed by atoms with van der Waals surface area (Å²) in [6, 6.07) is 0. The van der Waals surface area contributed by atoms with Crippen LogP contribution in [0, 0.1) is 0 Å². The molecule has 0 saturated carbocycles. The fourth-order valence-corrected chi connectivity index (χ4v) is 1.41. The normalized spacial score (nSPS) is 10.4. The van der Waals surface area contributed by atoms with Gasteiger partial charge in [0.1, 0.15) is 0 Å². The van der Waals surface area contributed by atoms with Gasteiger partial charge in [0.05, 0.1) is 0 Å². The molecule has 1 aromatic rings. The van der Waals surface area contributed by atoms with E-state index >= 15 is 0 Å². The maximum atomic E-state index is 5.64. The van der Waals surface area contributed by atoms with Gasteiger partial charge in [-0.3, -0.25) is 0 Å². The molecule has 0 aliphatic rings. The second-order valence-electron chi connectivity index (χ2n) is 3.60. The number of nitrogens with two attached hydrogens (primary N) is 4. The summed E-state index contributed by atoms with van der Waals surface area (Å²) in [4.78, 5) is 14.2. The Morgan fingerprint density at radius 3 is 2.17 bits per heavy atom. The topological polar surface area (TPSA) is 158 Å². The molecule has 0 aliphatic carbocycles. The van der Waals surface area contributed by atoms with Gasteiger partial charge in [-0.25, -0.2) is 0 Å². The Kier molecular flexibility index (Phi) is 6.05. The minimum absolute atomic E-state index is 0.151. The number of nitrogens with one attached hydrogen (secondary N) is 1. The van der Waals surface area contributed by atoms with E-state index in [0.717, 1.165) is 0 Å². The Balaban J connectivity index is 2.87. The molecule has 18 heavy (non-hydrogen) atoms. The fourth-order valence-electron chi connectivity index (χ4n) is 1.41. The van der Waals surface area contributed by atoms with E-state index in [1.807, 2.05) is 4.90 Å². The summed E-state index contributed by atoms with van der Waals surface area (Å²) in [7, 11) is 0. The first-order valence-electron chi connectivity index (χ1n) is 5.81. The van der Waals surface area contributed by atoms with Crippen LogP contribution in [0.25, 0.3) is 0 Å². The van der Waals surface area contributed by atoms with Crippen LogP contribution < -0.4 is 33.2 Å². The van der Waals surface area contributed by atoms with Crippen molar-refractivity contribution in [3.8, 4) is 0 Å². The zero-order valence-corrected chi connectivity index (χ0v) is 10.3. The summed E-state index contributed by atoms with van der Waals surface area (Å²) in [5, 5.41) is 2.96. The minimum Gasteiger partial charge on any atom is -0.368 e. The summed E-state index contributed by atoms with van der Waals surface area (Å²) in [5.41, 5.74) is 22.1. The highest BCUT2D eigenvalue weighted by Crippen LogP contribution is 2.10. The summed E-state index contributed by atoms with van der Waals surface area (Å²) in [5.74, 6) is 1.03. The van der Waals surface area contributed by atoms with Gasteiger partial charge in [-0.2, -0.15) is 15.0 Å². The van der Waals surface area contributed by atoms with E-state index in [1.165, 1.54) is 0 Å². The molecule has 0 saturated heterocycles. The fraction of sp³-hybridized carbons (Fsp3) is 0.667. The molecule has 1 heterocycles. The monoisotopic (exact) mass is 255 g/mol. The van der Waals surface area contributed by atoms with Crippen LogP contribution >= 0.6 is 0 Å². The highest BCUT2D eigenvalue weighted by molar-refractivity contribution is 5.41. The van der Waals surface area contributed by atoms with Crippen molar-refractivity contribution in [1.82, 2.24) is 15.0 Å². The lowest BCUT2D eigenvalue weighted by atomic mass is 10.5. The van der Waals surface area contributed by atoms with Gasteiger partial charge in [0.25, 0.3) is 0 Å². The second-order valence-corrected chi connectivity index (χ2v) is 3.60. The maximum Gasteiger partial charge on any atom is 0.232 e. The molecular weight excluding hydrogens is 234 g/mol. The van der Waals surface area contributed by atoms with Crippen LogP contribution in [0.3, 0.4) is 0 Å². The standard InChI is InChI=1S/C9H21N9/c10-1-4-14-8-15-7(13)16-9(17-8)18(5-2-11)6-3-12/h1-6,10-12H2,(H3,13,14,15,16,17). The van der Waals surface area contributed by atoms with Crippen LogP contribution in [-0.4, -0.2) is 54.2 Å². The predicted molar refractivity (Wildman–Crippen MR) is 72.1 cm³/mol. The van der Waals surface area contributed by atoms with Crippen molar-refractivity contribution in [2.24, 2.45) is 17.2 Å². The van der Waals surface area contributed by atoms with Crippen molar-refractivity contribution in [3.05, 3.63) is 0 Å². The van der Waals surface area contributed by atoms with Gasteiger partial charge in [-0.1, -0.05) is 0 Å². The van der Waals surface area contributed by atoms with Crippen molar-refractivity contribution in [2.45, 2.75) is 0 Å². The molecule has 0 radical (unpaired) electrons. The van der Waals surface area contributed by atoms with E-state index in [4.69, 9.17) is 22.9 Å². The molecule has 0 atom stereocenters. The molecule has 0 aliphatic heterocycles. The van der Waals surface area contributed by atoms with Gasteiger partial charge in [-0.15, -0.1) is 0 Å². The highest BCUT2D eigenvalue weighted by Gasteiger charge is 2.11. The predicted octanol–water partition coefficient (Wildman–Crippen LogP) is -2.45. The van der Waals surface area contributed by atoms with Gasteiger partial charge in [0.15, 0.2) is 0 Å². The lowest BCUT2D eigenvalue weighted by Crippen LogP contribution is -2.35. The molecule has 1 rings (SSSR count). The van der Waals surface area contributed by atoms with Crippen LogP contribution in [0.4, 0.5) is 17.8 Å². The quantitative estimate of drug-likeness (QED) is 0.340. The Bertz CT molecular complexity index is 350. The lowest BCUT2D eigenvalue weighted by Gasteiger charge is -2.21. The number of nitrogens with zero attached hydrogens (tertiary/aromatic N) is 4. The molecule has 0 fully saturated rings. The van der Waals surface area contributed by atoms with Crippen LogP contribution in [-0.2, 0) is 0 Å². The molecule has 9 N–H and O–H groups in total. The Morgan fingerprint density at radius 2 is 1.61 bits per heavy atom. The van der Waals surface area contributed by atoms with Crippen molar-refractivity contribution in [3.63, 3.8) is 0 Å². The van der Waals surface area contributed by atoms with Crippen LogP contribution in [0.2, 0.25) is 0 Å². The van der Waals surface area contributed by atoms with Crippen LogP contribution in [0.15, 0.2) is 0 Å². The first kappa shape index (κ1) is 14.4. The molecule has 0 unspecified atom stereocenters. The van der Waals surface area contributed by atoms with Crippen molar-refractivity contribution < 1.29 is 0 Å². The zero-order valence-electron chi connectivity index (χ0n) is 10.3. The molecular formula is C9H21N9. The van der Waals surface area contributed by atoms with E-state index < -0.39 is 0 Å². The Morgan fingerprint density at radius 1 is 0.944 bits per heavy atom. The number of aromatic nitrogens is 3. The Hall–Kier alpha value is -1.71. The summed E-state index contributed by atoms with van der Waals surface area (Å²) in [6.45, 7) is 3.23. The molecule has 0 spiro atoms. The summed E-state index contributed by atoms with van der Waals surface area (Å²) >= 11 is 0. The zero-order chi connectivity index (χ0) is 13.4. The third-order valence-corrected chi connectivity index (χ3v) is 2.15. The average molecular weight is 255 g/mol. The second kappa shape index (κ2) is 7.58. The van der Waals surface area contributed by atoms with Crippen LogP contribution in [0.1, 0.15) is 0 Å². The third kappa shape index (κ3) is 4.28. The van der Waals surface area contributed by atoms with E-state index in [2.05, 4.69) is 20.3 Å². The molecule has 0 amide bonds. The number of anilines is 3. The molecule has 0 aromatic carbocycles.